The van der Waals surface area contributed by atoms with Gasteiger partial charge in [0.15, 0.2) is 12.4 Å². The molecule has 0 aliphatic heterocycles. The van der Waals surface area contributed by atoms with Crippen LogP contribution in [0.1, 0.15) is 12.7 Å². The lowest BCUT2D eigenvalue weighted by Crippen LogP contribution is -2.22. The van der Waals surface area contributed by atoms with Gasteiger partial charge in [-0.25, -0.2) is 12.7 Å². The number of fused-ring (bicyclic) bond motifs is 1. The maximum Gasteiger partial charge on any atom is 0.265 e. The average molecular weight is 415 g/mol. The Labute approximate surface area is 168 Å². The van der Waals surface area contributed by atoms with Crippen molar-refractivity contribution < 1.29 is 22.5 Å². The van der Waals surface area contributed by atoms with Crippen LogP contribution >= 0.6 is 0 Å². The van der Waals surface area contributed by atoms with Gasteiger partial charge in [0.1, 0.15) is 11.3 Å². The summed E-state index contributed by atoms with van der Waals surface area (Å²) in [4.78, 5) is 17.3. The smallest absolute Gasteiger partial charge is 0.265 e. The minimum atomic E-state index is -3.59. The lowest BCUT2D eigenvalue weighted by atomic mass is 10.2. The number of oxime groups is 1. The van der Waals surface area contributed by atoms with Gasteiger partial charge in [-0.15, -0.1) is 0 Å². The lowest BCUT2D eigenvalue weighted by molar-refractivity contribution is -0.120. The molecule has 0 radical (unpaired) electrons. The Morgan fingerprint density at radius 1 is 1.14 bits per heavy atom. The van der Waals surface area contributed by atoms with Gasteiger partial charge in [-0.1, -0.05) is 29.4 Å². The third-order valence-electron chi connectivity index (χ3n) is 4.08. The fraction of sp³-hybridized carbons (Fsp3) is 0.200. The first-order valence-electron chi connectivity index (χ1n) is 8.75. The summed E-state index contributed by atoms with van der Waals surface area (Å²) in [5.41, 5.74) is 1.58. The van der Waals surface area contributed by atoms with E-state index in [1.165, 1.54) is 26.2 Å². The Bertz CT molecular complexity index is 1130. The second-order valence-electron chi connectivity index (χ2n) is 6.46. The van der Waals surface area contributed by atoms with Crippen LogP contribution in [0.4, 0.5) is 5.69 Å². The lowest BCUT2D eigenvalue weighted by Gasteiger charge is -2.12. The summed E-state index contributed by atoms with van der Waals surface area (Å²) in [6.45, 7) is 1.38. The normalized spacial score (nSPS) is 12.3. The van der Waals surface area contributed by atoms with Gasteiger partial charge in [0.25, 0.3) is 5.91 Å². The summed E-state index contributed by atoms with van der Waals surface area (Å²) in [6.07, 6.45) is 0. The van der Waals surface area contributed by atoms with E-state index in [9.17, 15) is 13.2 Å². The Kier molecular flexibility index (Phi) is 6.00. The molecule has 0 aliphatic rings. The predicted molar refractivity (Wildman–Crippen MR) is 110 cm³/mol. The third kappa shape index (κ3) is 4.82. The zero-order chi connectivity index (χ0) is 21.0. The van der Waals surface area contributed by atoms with Crippen LogP contribution in [0, 0.1) is 0 Å². The van der Waals surface area contributed by atoms with Gasteiger partial charge < -0.3 is 14.6 Å². The van der Waals surface area contributed by atoms with E-state index in [-0.39, 0.29) is 11.5 Å². The Hall–Kier alpha value is -3.17. The number of para-hydroxylation sites is 1. The largest absolute Gasteiger partial charge is 0.455 e. The number of hydrogen-bond donors (Lipinski definition) is 1. The van der Waals surface area contributed by atoms with Gasteiger partial charge in [-0.2, -0.15) is 0 Å². The van der Waals surface area contributed by atoms with E-state index in [1.807, 2.05) is 30.3 Å². The van der Waals surface area contributed by atoms with Crippen LogP contribution in [-0.2, 0) is 19.7 Å². The highest BCUT2D eigenvalue weighted by atomic mass is 32.2. The van der Waals surface area contributed by atoms with E-state index in [0.29, 0.717) is 17.2 Å². The number of benzene rings is 2. The van der Waals surface area contributed by atoms with Crippen LogP contribution in [0.25, 0.3) is 11.0 Å². The molecule has 1 heterocycles. The SMILES string of the molecule is CC(=NOCC(=O)Nc1cccc(S(=O)(=O)N(C)C)c1)c1cc2ccccc2o1. The predicted octanol–water partition coefficient (Wildman–Crippen LogP) is 3.06. The van der Waals surface area contributed by atoms with E-state index in [4.69, 9.17) is 9.25 Å². The number of carbonyl (C=O) groups excluding carboxylic acids is 1. The molecule has 3 rings (SSSR count). The van der Waals surface area contributed by atoms with Crippen molar-refractivity contribution in [3.63, 3.8) is 0 Å². The van der Waals surface area contributed by atoms with E-state index < -0.39 is 15.9 Å². The molecular weight excluding hydrogens is 394 g/mol. The fourth-order valence-corrected chi connectivity index (χ4v) is 3.48. The highest BCUT2D eigenvalue weighted by Crippen LogP contribution is 2.20. The maximum atomic E-state index is 12.2. The summed E-state index contributed by atoms with van der Waals surface area (Å²) >= 11 is 0. The molecule has 0 saturated carbocycles. The summed E-state index contributed by atoms with van der Waals surface area (Å²) < 4.78 is 31.1. The number of hydrogen-bond acceptors (Lipinski definition) is 6. The van der Waals surface area contributed by atoms with Crippen molar-refractivity contribution in [1.29, 1.82) is 0 Å². The van der Waals surface area contributed by atoms with Gasteiger partial charge >= 0.3 is 0 Å². The first-order valence-corrected chi connectivity index (χ1v) is 10.2. The molecule has 152 valence electrons. The highest BCUT2D eigenvalue weighted by molar-refractivity contribution is 7.89. The molecule has 1 amide bonds. The maximum absolute atomic E-state index is 12.2. The number of nitrogens with one attached hydrogen (secondary N) is 1. The number of anilines is 1. The zero-order valence-corrected chi connectivity index (χ0v) is 17.1. The molecule has 8 nitrogen and oxygen atoms in total. The van der Waals surface area contributed by atoms with E-state index >= 15 is 0 Å². The first-order chi connectivity index (χ1) is 13.8. The van der Waals surface area contributed by atoms with E-state index in [1.54, 1.807) is 19.1 Å². The van der Waals surface area contributed by atoms with Crippen molar-refractivity contribution in [1.82, 2.24) is 4.31 Å². The van der Waals surface area contributed by atoms with Crippen molar-refractivity contribution in [3.05, 3.63) is 60.4 Å². The second kappa shape index (κ2) is 8.46. The highest BCUT2D eigenvalue weighted by Gasteiger charge is 2.17. The van der Waals surface area contributed by atoms with Crippen molar-refractivity contribution in [3.8, 4) is 0 Å². The van der Waals surface area contributed by atoms with Crippen LogP contribution in [0.15, 0.2) is 69.1 Å². The number of furan rings is 1. The molecular formula is C20H21N3O5S. The van der Waals surface area contributed by atoms with Gasteiger partial charge in [-0.05, 0) is 37.3 Å². The minimum Gasteiger partial charge on any atom is -0.455 e. The van der Waals surface area contributed by atoms with Gasteiger partial charge in [0.2, 0.25) is 10.0 Å². The van der Waals surface area contributed by atoms with Crippen LogP contribution < -0.4 is 5.32 Å². The molecule has 3 aromatic rings. The van der Waals surface area contributed by atoms with Crippen LogP contribution in [0.5, 0.6) is 0 Å². The van der Waals surface area contributed by atoms with Crippen LogP contribution in [0.2, 0.25) is 0 Å². The van der Waals surface area contributed by atoms with Crippen LogP contribution in [-0.4, -0.2) is 45.0 Å². The van der Waals surface area contributed by atoms with Crippen LogP contribution in [0.3, 0.4) is 0 Å². The molecule has 0 fully saturated rings. The number of sulfonamides is 1. The Morgan fingerprint density at radius 2 is 1.90 bits per heavy atom. The number of carbonyl (C=O) groups is 1. The van der Waals surface area contributed by atoms with Crippen molar-refractivity contribution in [2.24, 2.45) is 5.16 Å². The molecule has 9 heteroatoms. The number of amides is 1. The topological polar surface area (TPSA) is 101 Å². The summed E-state index contributed by atoms with van der Waals surface area (Å²) in [6, 6.07) is 15.4. The fourth-order valence-electron chi connectivity index (χ4n) is 2.54. The van der Waals surface area contributed by atoms with Gasteiger partial charge in [0, 0.05) is 25.2 Å². The molecule has 0 spiro atoms. The Balaban J connectivity index is 1.60. The minimum absolute atomic E-state index is 0.0833. The zero-order valence-electron chi connectivity index (χ0n) is 16.2. The second-order valence-corrected chi connectivity index (χ2v) is 8.61. The average Bonchev–Trinajstić information content (AvgIpc) is 3.12. The van der Waals surface area contributed by atoms with E-state index in [2.05, 4.69) is 10.5 Å². The monoisotopic (exact) mass is 415 g/mol. The standard InChI is InChI=1S/C20H21N3O5S/c1-14(19-11-15-7-4-5-10-18(15)28-19)22-27-13-20(24)21-16-8-6-9-17(12-16)29(25,26)23(2)3/h4-12H,13H2,1-3H3,(H,21,24). The third-order valence-corrected chi connectivity index (χ3v) is 5.89. The summed E-state index contributed by atoms with van der Waals surface area (Å²) in [7, 11) is -0.704. The molecule has 29 heavy (non-hydrogen) atoms. The molecule has 0 saturated heterocycles. The summed E-state index contributed by atoms with van der Waals surface area (Å²) in [5, 5.41) is 7.45. The van der Waals surface area contributed by atoms with Crippen molar-refractivity contribution in [2.75, 3.05) is 26.0 Å². The first kappa shape index (κ1) is 20.6. The molecule has 1 N–H and O–H groups in total. The summed E-state index contributed by atoms with van der Waals surface area (Å²) in [5.74, 6) is 0.0822. The Morgan fingerprint density at radius 3 is 2.62 bits per heavy atom. The molecule has 0 unspecified atom stereocenters. The molecule has 1 aromatic heterocycles. The molecule has 0 atom stereocenters. The van der Waals surface area contributed by atoms with E-state index in [0.717, 1.165) is 15.3 Å². The number of rotatable bonds is 7. The molecule has 2 aromatic carbocycles. The quantitative estimate of drug-likeness (QED) is 0.472. The molecule has 0 aliphatic carbocycles. The van der Waals surface area contributed by atoms with Crippen molar-refractivity contribution >= 4 is 38.3 Å². The number of nitrogens with zero attached hydrogens (tertiary/aromatic N) is 2. The molecule has 0 bridgehead atoms. The van der Waals surface area contributed by atoms with Gasteiger partial charge in [-0.3, -0.25) is 4.79 Å². The van der Waals surface area contributed by atoms with Gasteiger partial charge in [0.05, 0.1) is 4.90 Å². The van der Waals surface area contributed by atoms with Crippen molar-refractivity contribution in [2.45, 2.75) is 11.8 Å².